The van der Waals surface area contributed by atoms with Gasteiger partial charge in [-0.25, -0.2) is 0 Å². The summed E-state index contributed by atoms with van der Waals surface area (Å²) in [5, 5.41) is 17.2. The summed E-state index contributed by atoms with van der Waals surface area (Å²) in [7, 11) is 0. The van der Waals surface area contributed by atoms with E-state index in [1.165, 1.54) is 0 Å². The zero-order valence-electron chi connectivity index (χ0n) is 7.17. The van der Waals surface area contributed by atoms with Crippen LogP contribution in [0.2, 0.25) is 0 Å². The van der Waals surface area contributed by atoms with Crippen LogP contribution in [0, 0.1) is 34.5 Å². The predicted molar refractivity (Wildman–Crippen MR) is 43.4 cm³/mol. The third kappa shape index (κ3) is 3.63. The number of nitriles is 2. The van der Waals surface area contributed by atoms with Crippen molar-refractivity contribution in [1.82, 2.24) is 0 Å². The summed E-state index contributed by atoms with van der Waals surface area (Å²) >= 11 is 0. The molecule has 0 heterocycles. The summed E-state index contributed by atoms with van der Waals surface area (Å²) in [6, 6.07) is 4.40. The molecule has 0 aromatic carbocycles. The van der Waals surface area contributed by atoms with Crippen LogP contribution >= 0.6 is 0 Å². The number of rotatable bonds is 4. The molecule has 0 aliphatic heterocycles. The van der Waals surface area contributed by atoms with Crippen LogP contribution in [-0.2, 0) is 0 Å². The fourth-order valence-corrected chi connectivity index (χ4v) is 0.965. The largest absolute Gasteiger partial charge is 0.198 e. The van der Waals surface area contributed by atoms with Crippen molar-refractivity contribution in [2.75, 3.05) is 0 Å². The molecule has 0 N–H and O–H groups in total. The van der Waals surface area contributed by atoms with Crippen molar-refractivity contribution >= 4 is 0 Å². The topological polar surface area (TPSA) is 47.6 Å². The molecule has 2 heteroatoms. The Morgan fingerprint density at radius 3 is 1.55 bits per heavy atom. The molecule has 0 fully saturated rings. The summed E-state index contributed by atoms with van der Waals surface area (Å²) in [5.41, 5.74) is 0. The van der Waals surface area contributed by atoms with Crippen LogP contribution in [0.4, 0.5) is 0 Å². The van der Waals surface area contributed by atoms with Gasteiger partial charge in [0, 0.05) is 11.8 Å². The first-order valence-corrected chi connectivity index (χ1v) is 4.07. The summed E-state index contributed by atoms with van der Waals surface area (Å²) in [4.78, 5) is 0. The van der Waals surface area contributed by atoms with E-state index in [2.05, 4.69) is 12.1 Å². The van der Waals surface area contributed by atoms with E-state index in [0.717, 1.165) is 19.3 Å². The molecule has 0 aliphatic carbocycles. The summed E-state index contributed by atoms with van der Waals surface area (Å²) in [6.45, 7) is 3.97. The normalized spacial score (nSPS) is 14.5. The van der Waals surface area contributed by atoms with Crippen LogP contribution in [0.3, 0.4) is 0 Å². The molecule has 0 saturated heterocycles. The maximum absolute atomic E-state index is 8.61. The maximum atomic E-state index is 8.61. The molecule has 0 saturated carbocycles. The second-order valence-electron chi connectivity index (χ2n) is 2.70. The Balaban J connectivity index is 3.82. The Hall–Kier alpha value is -1.02. The minimum Gasteiger partial charge on any atom is -0.198 e. The van der Waals surface area contributed by atoms with E-state index in [1.54, 1.807) is 0 Å². The van der Waals surface area contributed by atoms with Gasteiger partial charge >= 0.3 is 0 Å². The van der Waals surface area contributed by atoms with Gasteiger partial charge in [-0.05, 0) is 19.3 Å². The summed E-state index contributed by atoms with van der Waals surface area (Å²) < 4.78 is 0. The maximum Gasteiger partial charge on any atom is 0.0656 e. The third-order valence-electron chi connectivity index (χ3n) is 1.92. The first-order valence-electron chi connectivity index (χ1n) is 4.07. The van der Waals surface area contributed by atoms with Crippen molar-refractivity contribution in [1.29, 1.82) is 10.5 Å². The molecule has 0 aromatic heterocycles. The van der Waals surface area contributed by atoms with Crippen LogP contribution in [0.1, 0.15) is 33.1 Å². The molecular weight excluding hydrogens is 136 g/mol. The molecule has 60 valence electrons. The Morgan fingerprint density at radius 1 is 1.00 bits per heavy atom. The Bertz CT molecular complexity index is 153. The second kappa shape index (κ2) is 5.74. The lowest BCUT2D eigenvalue weighted by Gasteiger charge is -2.08. The lowest BCUT2D eigenvalue weighted by atomic mass is 9.93. The SMILES string of the molecule is CCC(C#N)CC(C#N)CC. The van der Waals surface area contributed by atoms with Gasteiger partial charge in [0.15, 0.2) is 0 Å². The number of hydrogen-bond acceptors (Lipinski definition) is 2. The van der Waals surface area contributed by atoms with Crippen molar-refractivity contribution in [3.8, 4) is 12.1 Å². The average Bonchev–Trinajstić information content (AvgIpc) is 2.07. The quantitative estimate of drug-likeness (QED) is 0.618. The molecule has 0 spiro atoms. The zero-order chi connectivity index (χ0) is 8.69. The molecule has 0 amide bonds. The molecule has 0 radical (unpaired) electrons. The highest BCUT2D eigenvalue weighted by molar-refractivity contribution is 4.90. The second-order valence-corrected chi connectivity index (χ2v) is 2.70. The van der Waals surface area contributed by atoms with Crippen molar-refractivity contribution < 1.29 is 0 Å². The van der Waals surface area contributed by atoms with Crippen molar-refractivity contribution in [3.63, 3.8) is 0 Å². The lowest BCUT2D eigenvalue weighted by Crippen LogP contribution is -2.03. The Labute approximate surface area is 68.4 Å². The van der Waals surface area contributed by atoms with E-state index < -0.39 is 0 Å². The molecule has 2 atom stereocenters. The van der Waals surface area contributed by atoms with E-state index >= 15 is 0 Å². The van der Waals surface area contributed by atoms with Gasteiger partial charge in [0.2, 0.25) is 0 Å². The summed E-state index contributed by atoms with van der Waals surface area (Å²) in [6.07, 6.45) is 2.45. The minimum atomic E-state index is 0.0691. The monoisotopic (exact) mass is 150 g/mol. The molecule has 11 heavy (non-hydrogen) atoms. The van der Waals surface area contributed by atoms with Gasteiger partial charge in [-0.2, -0.15) is 10.5 Å². The smallest absolute Gasteiger partial charge is 0.0656 e. The highest BCUT2D eigenvalue weighted by Gasteiger charge is 2.11. The number of nitrogens with zero attached hydrogens (tertiary/aromatic N) is 2. The fourth-order valence-electron chi connectivity index (χ4n) is 0.965. The first kappa shape index (κ1) is 9.98. The molecule has 2 unspecified atom stereocenters. The molecular formula is C9H14N2. The van der Waals surface area contributed by atoms with Gasteiger partial charge in [-0.1, -0.05) is 13.8 Å². The van der Waals surface area contributed by atoms with Crippen molar-refractivity contribution in [2.45, 2.75) is 33.1 Å². The summed E-state index contributed by atoms with van der Waals surface area (Å²) in [5.74, 6) is 0.138. The molecule has 0 aliphatic rings. The highest BCUT2D eigenvalue weighted by atomic mass is 14.3. The van der Waals surface area contributed by atoms with Gasteiger partial charge in [-0.3, -0.25) is 0 Å². The van der Waals surface area contributed by atoms with Gasteiger partial charge in [-0.15, -0.1) is 0 Å². The van der Waals surface area contributed by atoms with E-state index in [-0.39, 0.29) is 11.8 Å². The first-order chi connectivity index (χ1) is 5.28. The van der Waals surface area contributed by atoms with E-state index in [1.807, 2.05) is 13.8 Å². The van der Waals surface area contributed by atoms with Crippen molar-refractivity contribution in [2.24, 2.45) is 11.8 Å². The molecule has 0 aromatic rings. The zero-order valence-corrected chi connectivity index (χ0v) is 7.17. The molecule has 0 bridgehead atoms. The van der Waals surface area contributed by atoms with Gasteiger partial charge in [0.25, 0.3) is 0 Å². The van der Waals surface area contributed by atoms with Gasteiger partial charge < -0.3 is 0 Å². The predicted octanol–water partition coefficient (Wildman–Crippen LogP) is 2.48. The van der Waals surface area contributed by atoms with Crippen LogP contribution in [-0.4, -0.2) is 0 Å². The lowest BCUT2D eigenvalue weighted by molar-refractivity contribution is 0.477. The standard InChI is InChI=1S/C9H14N2/c1-3-8(6-10)5-9(4-2)7-11/h8-9H,3-5H2,1-2H3. The fraction of sp³-hybridized carbons (Fsp3) is 0.778. The Morgan fingerprint density at radius 2 is 1.36 bits per heavy atom. The Kier molecular flexibility index (Phi) is 5.21. The van der Waals surface area contributed by atoms with E-state index in [0.29, 0.717) is 0 Å². The number of hydrogen-bond donors (Lipinski definition) is 0. The molecule has 2 nitrogen and oxygen atoms in total. The van der Waals surface area contributed by atoms with Crippen LogP contribution in [0.5, 0.6) is 0 Å². The van der Waals surface area contributed by atoms with E-state index in [4.69, 9.17) is 10.5 Å². The van der Waals surface area contributed by atoms with Crippen LogP contribution in [0.15, 0.2) is 0 Å². The molecule has 0 rings (SSSR count). The van der Waals surface area contributed by atoms with Crippen molar-refractivity contribution in [3.05, 3.63) is 0 Å². The highest BCUT2D eigenvalue weighted by Crippen LogP contribution is 2.16. The third-order valence-corrected chi connectivity index (χ3v) is 1.92. The average molecular weight is 150 g/mol. The van der Waals surface area contributed by atoms with Crippen LogP contribution < -0.4 is 0 Å². The van der Waals surface area contributed by atoms with Crippen LogP contribution in [0.25, 0.3) is 0 Å². The van der Waals surface area contributed by atoms with Gasteiger partial charge in [0.05, 0.1) is 12.1 Å². The van der Waals surface area contributed by atoms with Gasteiger partial charge in [0.1, 0.15) is 0 Å². The van der Waals surface area contributed by atoms with E-state index in [9.17, 15) is 0 Å². The minimum absolute atomic E-state index is 0.0691.